The maximum Gasteiger partial charge on any atom is 0.0691 e. The first-order valence-electron chi connectivity index (χ1n) is 4.16. The van der Waals surface area contributed by atoms with Crippen LogP contribution in [0, 0.1) is 0 Å². The van der Waals surface area contributed by atoms with E-state index in [1.807, 2.05) is 6.92 Å². The fourth-order valence-electron chi connectivity index (χ4n) is 0.899. The molecule has 0 spiro atoms. The molecule has 0 aromatic rings. The molecule has 2 atom stereocenters. The Hall–Kier alpha value is -0.0800. The SMILES string of the molecule is CCCC[C@@H](O)[C@@H](N)CC. The largest absolute Gasteiger partial charge is 0.392 e. The molecular weight excluding hydrogens is 126 g/mol. The summed E-state index contributed by atoms with van der Waals surface area (Å²) in [6, 6.07) is -0.0217. The van der Waals surface area contributed by atoms with E-state index in [9.17, 15) is 5.11 Å². The summed E-state index contributed by atoms with van der Waals surface area (Å²) >= 11 is 0. The van der Waals surface area contributed by atoms with Crippen molar-refractivity contribution in [2.24, 2.45) is 5.73 Å². The van der Waals surface area contributed by atoms with Crippen molar-refractivity contribution in [1.29, 1.82) is 0 Å². The van der Waals surface area contributed by atoms with Crippen molar-refractivity contribution in [3.63, 3.8) is 0 Å². The predicted molar refractivity (Wildman–Crippen MR) is 43.8 cm³/mol. The molecule has 0 fully saturated rings. The maximum absolute atomic E-state index is 9.32. The number of hydrogen-bond acceptors (Lipinski definition) is 2. The fraction of sp³-hybridized carbons (Fsp3) is 1.00. The molecule has 0 saturated heterocycles. The Bertz CT molecular complexity index is 75.7. The predicted octanol–water partition coefficient (Wildman–Crippen LogP) is 1.27. The number of aliphatic hydroxyl groups excluding tert-OH is 1. The monoisotopic (exact) mass is 145 g/mol. The second-order valence-electron chi connectivity index (χ2n) is 2.78. The first kappa shape index (κ1) is 9.92. The molecule has 0 aliphatic rings. The molecule has 0 rings (SSSR count). The summed E-state index contributed by atoms with van der Waals surface area (Å²) in [7, 11) is 0. The van der Waals surface area contributed by atoms with Gasteiger partial charge in [-0.3, -0.25) is 0 Å². The Morgan fingerprint density at radius 1 is 1.40 bits per heavy atom. The molecule has 0 amide bonds. The van der Waals surface area contributed by atoms with Gasteiger partial charge in [-0.15, -0.1) is 0 Å². The molecule has 0 radical (unpaired) electrons. The van der Waals surface area contributed by atoms with Crippen LogP contribution >= 0.6 is 0 Å². The summed E-state index contributed by atoms with van der Waals surface area (Å²) in [5, 5.41) is 9.32. The summed E-state index contributed by atoms with van der Waals surface area (Å²) < 4.78 is 0. The minimum absolute atomic E-state index is 0.0217. The molecule has 3 N–H and O–H groups in total. The zero-order chi connectivity index (χ0) is 7.98. The number of aliphatic hydroxyl groups is 1. The summed E-state index contributed by atoms with van der Waals surface area (Å²) in [5.74, 6) is 0. The van der Waals surface area contributed by atoms with Crippen molar-refractivity contribution >= 4 is 0 Å². The van der Waals surface area contributed by atoms with Gasteiger partial charge in [-0.1, -0.05) is 26.7 Å². The highest BCUT2D eigenvalue weighted by Gasteiger charge is 2.10. The molecular formula is C8H19NO. The van der Waals surface area contributed by atoms with E-state index in [-0.39, 0.29) is 12.1 Å². The van der Waals surface area contributed by atoms with Crippen LogP contribution in [0.15, 0.2) is 0 Å². The zero-order valence-electron chi connectivity index (χ0n) is 7.01. The van der Waals surface area contributed by atoms with Gasteiger partial charge in [0.05, 0.1) is 6.10 Å². The van der Waals surface area contributed by atoms with Gasteiger partial charge in [0, 0.05) is 6.04 Å². The normalized spacial score (nSPS) is 16.8. The van der Waals surface area contributed by atoms with Gasteiger partial charge in [0.25, 0.3) is 0 Å². The van der Waals surface area contributed by atoms with Crippen LogP contribution in [0.1, 0.15) is 39.5 Å². The Balaban J connectivity index is 3.31. The van der Waals surface area contributed by atoms with Crippen molar-refractivity contribution in [3.8, 4) is 0 Å². The molecule has 62 valence electrons. The highest BCUT2D eigenvalue weighted by Crippen LogP contribution is 2.04. The second-order valence-corrected chi connectivity index (χ2v) is 2.78. The van der Waals surface area contributed by atoms with Crippen molar-refractivity contribution < 1.29 is 5.11 Å². The van der Waals surface area contributed by atoms with E-state index >= 15 is 0 Å². The van der Waals surface area contributed by atoms with Crippen LogP contribution in [0.2, 0.25) is 0 Å². The lowest BCUT2D eigenvalue weighted by atomic mass is 10.0. The first-order valence-corrected chi connectivity index (χ1v) is 4.16. The topological polar surface area (TPSA) is 46.2 Å². The van der Waals surface area contributed by atoms with Gasteiger partial charge >= 0.3 is 0 Å². The fourth-order valence-corrected chi connectivity index (χ4v) is 0.899. The Morgan fingerprint density at radius 3 is 2.40 bits per heavy atom. The summed E-state index contributed by atoms with van der Waals surface area (Å²) in [4.78, 5) is 0. The number of unbranched alkanes of at least 4 members (excludes halogenated alkanes) is 1. The molecule has 0 aliphatic carbocycles. The number of nitrogens with two attached hydrogens (primary N) is 1. The first-order chi connectivity index (χ1) is 4.72. The lowest BCUT2D eigenvalue weighted by molar-refractivity contribution is 0.130. The molecule has 2 heteroatoms. The molecule has 0 bridgehead atoms. The van der Waals surface area contributed by atoms with Crippen molar-refractivity contribution in [1.82, 2.24) is 0 Å². The van der Waals surface area contributed by atoms with Crippen LogP contribution in [-0.4, -0.2) is 17.3 Å². The number of hydrogen-bond donors (Lipinski definition) is 2. The highest BCUT2D eigenvalue weighted by molar-refractivity contribution is 4.69. The van der Waals surface area contributed by atoms with E-state index in [1.165, 1.54) is 0 Å². The van der Waals surface area contributed by atoms with Gasteiger partial charge in [-0.05, 0) is 12.8 Å². The van der Waals surface area contributed by atoms with Gasteiger partial charge in [0.2, 0.25) is 0 Å². The van der Waals surface area contributed by atoms with Gasteiger partial charge in [-0.2, -0.15) is 0 Å². The van der Waals surface area contributed by atoms with Gasteiger partial charge in [0.1, 0.15) is 0 Å². The third-order valence-corrected chi connectivity index (χ3v) is 1.82. The van der Waals surface area contributed by atoms with E-state index in [0.717, 1.165) is 25.7 Å². The Kier molecular flexibility index (Phi) is 5.64. The Labute approximate surface area is 63.4 Å². The summed E-state index contributed by atoms with van der Waals surface area (Å²) in [6.45, 7) is 4.12. The summed E-state index contributed by atoms with van der Waals surface area (Å²) in [5.41, 5.74) is 5.61. The quantitative estimate of drug-likeness (QED) is 0.612. The van der Waals surface area contributed by atoms with Crippen molar-refractivity contribution in [3.05, 3.63) is 0 Å². The molecule has 0 aliphatic heterocycles. The summed E-state index contributed by atoms with van der Waals surface area (Å²) in [6.07, 6.45) is 3.64. The van der Waals surface area contributed by atoms with Crippen LogP contribution in [-0.2, 0) is 0 Å². The van der Waals surface area contributed by atoms with E-state index in [2.05, 4.69) is 6.92 Å². The minimum Gasteiger partial charge on any atom is -0.392 e. The molecule has 0 heterocycles. The van der Waals surface area contributed by atoms with Gasteiger partial charge < -0.3 is 10.8 Å². The smallest absolute Gasteiger partial charge is 0.0691 e. The standard InChI is InChI=1S/C8H19NO/c1-3-5-6-8(10)7(9)4-2/h7-8,10H,3-6,9H2,1-2H3/t7-,8+/m0/s1. The molecule has 0 aromatic heterocycles. The van der Waals surface area contributed by atoms with Crippen LogP contribution < -0.4 is 5.73 Å². The molecule has 2 nitrogen and oxygen atoms in total. The third-order valence-electron chi connectivity index (χ3n) is 1.82. The van der Waals surface area contributed by atoms with Crippen molar-refractivity contribution in [2.45, 2.75) is 51.7 Å². The van der Waals surface area contributed by atoms with Gasteiger partial charge in [0.15, 0.2) is 0 Å². The van der Waals surface area contributed by atoms with E-state index < -0.39 is 0 Å². The van der Waals surface area contributed by atoms with E-state index in [4.69, 9.17) is 5.73 Å². The molecule has 0 aromatic carbocycles. The second kappa shape index (κ2) is 5.69. The van der Waals surface area contributed by atoms with Crippen LogP contribution in [0.3, 0.4) is 0 Å². The lowest BCUT2D eigenvalue weighted by Crippen LogP contribution is -2.33. The highest BCUT2D eigenvalue weighted by atomic mass is 16.3. The average Bonchev–Trinajstić information content (AvgIpc) is 1.98. The molecule has 0 unspecified atom stereocenters. The molecule has 0 saturated carbocycles. The molecule has 10 heavy (non-hydrogen) atoms. The maximum atomic E-state index is 9.32. The lowest BCUT2D eigenvalue weighted by Gasteiger charge is -2.15. The van der Waals surface area contributed by atoms with Crippen LogP contribution in [0.4, 0.5) is 0 Å². The zero-order valence-corrected chi connectivity index (χ0v) is 7.01. The van der Waals surface area contributed by atoms with E-state index in [0.29, 0.717) is 0 Å². The average molecular weight is 145 g/mol. The minimum atomic E-state index is -0.287. The van der Waals surface area contributed by atoms with E-state index in [1.54, 1.807) is 0 Å². The van der Waals surface area contributed by atoms with Crippen LogP contribution in [0.5, 0.6) is 0 Å². The van der Waals surface area contributed by atoms with Crippen molar-refractivity contribution in [2.75, 3.05) is 0 Å². The van der Waals surface area contributed by atoms with Crippen LogP contribution in [0.25, 0.3) is 0 Å². The number of rotatable bonds is 5. The third kappa shape index (κ3) is 3.85. The van der Waals surface area contributed by atoms with Gasteiger partial charge in [-0.25, -0.2) is 0 Å². The Morgan fingerprint density at radius 2 is 2.00 bits per heavy atom.